The molecule has 0 aliphatic carbocycles. The number of aliphatic imine (C=N–C) groups is 1. The molecule has 142 valence electrons. The second-order valence-electron chi connectivity index (χ2n) is 6.62. The van der Waals surface area contributed by atoms with Gasteiger partial charge in [0.25, 0.3) is 0 Å². The second kappa shape index (κ2) is 7.66. The Morgan fingerprint density at radius 3 is 2.93 bits per heavy atom. The van der Waals surface area contributed by atoms with E-state index in [9.17, 15) is 4.39 Å². The van der Waals surface area contributed by atoms with Gasteiger partial charge < -0.3 is 15.0 Å². The first kappa shape index (κ1) is 17.9. The summed E-state index contributed by atoms with van der Waals surface area (Å²) in [6, 6.07) is 6.51. The van der Waals surface area contributed by atoms with Crippen molar-refractivity contribution in [2.75, 3.05) is 20.1 Å². The molecular formula is C19H22FN5OS. The van der Waals surface area contributed by atoms with Crippen molar-refractivity contribution in [2.45, 2.75) is 25.7 Å². The van der Waals surface area contributed by atoms with Crippen molar-refractivity contribution >= 4 is 22.3 Å². The fraction of sp³-hybridized carbons (Fsp3) is 0.368. The van der Waals surface area contributed by atoms with Crippen LogP contribution >= 0.6 is 11.3 Å². The highest BCUT2D eigenvalue weighted by Crippen LogP contribution is 2.25. The van der Waals surface area contributed by atoms with Gasteiger partial charge in [-0.05, 0) is 24.6 Å². The number of ether oxygens (including phenoxy) is 1. The first-order valence-electron chi connectivity index (χ1n) is 8.90. The van der Waals surface area contributed by atoms with Crippen LogP contribution in [0.1, 0.15) is 24.3 Å². The quantitative estimate of drug-likeness (QED) is 0.554. The number of nitrogens with one attached hydrogen (secondary N) is 1. The summed E-state index contributed by atoms with van der Waals surface area (Å²) in [4.78, 5) is 12.2. The van der Waals surface area contributed by atoms with Gasteiger partial charge in [0.05, 0.1) is 24.9 Å². The van der Waals surface area contributed by atoms with Gasteiger partial charge in [-0.2, -0.15) is 0 Å². The maximum absolute atomic E-state index is 13.2. The third-order valence-electron chi connectivity index (χ3n) is 4.58. The maximum atomic E-state index is 13.2. The maximum Gasteiger partial charge on any atom is 0.194 e. The number of halogens is 1. The molecule has 1 N–H and O–H groups in total. The van der Waals surface area contributed by atoms with E-state index in [4.69, 9.17) is 4.74 Å². The fourth-order valence-electron chi connectivity index (χ4n) is 3.35. The summed E-state index contributed by atoms with van der Waals surface area (Å²) in [6.07, 6.45) is 3.95. The Morgan fingerprint density at radius 1 is 1.37 bits per heavy atom. The number of nitrogens with zero attached hydrogens (tertiary/aromatic N) is 4. The zero-order chi connectivity index (χ0) is 18.8. The van der Waals surface area contributed by atoms with Crippen LogP contribution in [0.15, 0.2) is 47.0 Å². The minimum absolute atomic E-state index is 0.0466. The highest BCUT2D eigenvalue weighted by molar-refractivity contribution is 7.15. The van der Waals surface area contributed by atoms with E-state index >= 15 is 0 Å². The highest BCUT2D eigenvalue weighted by Gasteiger charge is 2.28. The molecule has 3 aromatic rings. The Morgan fingerprint density at radius 2 is 2.19 bits per heavy atom. The molecule has 2 aromatic heterocycles. The lowest BCUT2D eigenvalue weighted by molar-refractivity contribution is -0.0605. The second-order valence-corrected chi connectivity index (χ2v) is 7.49. The first-order chi connectivity index (χ1) is 13.1. The molecule has 1 aliphatic rings. The number of rotatable bonds is 3. The summed E-state index contributed by atoms with van der Waals surface area (Å²) < 4.78 is 21.3. The predicted octanol–water partition coefficient (Wildman–Crippen LogP) is 3.07. The summed E-state index contributed by atoms with van der Waals surface area (Å²) in [5.74, 6) is 0.575. The molecule has 0 bridgehead atoms. The van der Waals surface area contributed by atoms with Crippen LogP contribution in [0.3, 0.4) is 0 Å². The van der Waals surface area contributed by atoms with Crippen LogP contribution in [-0.2, 0) is 11.3 Å². The van der Waals surface area contributed by atoms with E-state index in [1.807, 2.05) is 29.1 Å². The number of hydrogen-bond donors (Lipinski definition) is 1. The predicted molar refractivity (Wildman–Crippen MR) is 105 cm³/mol. The van der Waals surface area contributed by atoms with Crippen LogP contribution < -0.4 is 5.32 Å². The minimum Gasteiger partial charge on any atom is -0.367 e. The molecule has 1 fully saturated rings. The zero-order valence-electron chi connectivity index (χ0n) is 15.3. The smallest absolute Gasteiger partial charge is 0.194 e. The average Bonchev–Trinajstić information content (AvgIpc) is 3.24. The number of fused-ring (bicyclic) bond motifs is 1. The summed E-state index contributed by atoms with van der Waals surface area (Å²) in [5.41, 5.74) is 1.94. The van der Waals surface area contributed by atoms with Crippen molar-refractivity contribution in [1.82, 2.24) is 19.6 Å². The minimum atomic E-state index is -0.239. The van der Waals surface area contributed by atoms with Gasteiger partial charge in [-0.3, -0.25) is 9.39 Å². The first-order valence-corrected chi connectivity index (χ1v) is 9.78. The number of hydrogen-bond acceptors (Lipinski definition) is 4. The third-order valence-corrected chi connectivity index (χ3v) is 5.35. The van der Waals surface area contributed by atoms with Crippen molar-refractivity contribution in [1.29, 1.82) is 0 Å². The molecule has 0 spiro atoms. The largest absolute Gasteiger partial charge is 0.367 e. The van der Waals surface area contributed by atoms with E-state index in [-0.39, 0.29) is 18.0 Å². The lowest BCUT2D eigenvalue weighted by Crippen LogP contribution is -2.50. The number of guanidine groups is 1. The molecule has 1 aromatic carbocycles. The number of aromatic nitrogens is 2. The molecule has 0 saturated carbocycles. The zero-order valence-corrected chi connectivity index (χ0v) is 16.1. The normalized spacial score (nSPS) is 21.0. The van der Waals surface area contributed by atoms with Crippen LogP contribution in [0.25, 0.3) is 4.96 Å². The fourth-order valence-corrected chi connectivity index (χ4v) is 4.07. The summed E-state index contributed by atoms with van der Waals surface area (Å²) >= 11 is 1.62. The molecule has 4 rings (SSSR count). The van der Waals surface area contributed by atoms with Crippen LogP contribution in [0, 0.1) is 5.82 Å². The molecule has 2 atom stereocenters. The number of imidazole rings is 1. The topological polar surface area (TPSA) is 54.2 Å². The van der Waals surface area contributed by atoms with Gasteiger partial charge in [0.2, 0.25) is 0 Å². The molecule has 1 saturated heterocycles. The van der Waals surface area contributed by atoms with E-state index in [1.165, 1.54) is 12.1 Å². The average molecular weight is 387 g/mol. The number of thiazole rings is 1. The van der Waals surface area contributed by atoms with Crippen molar-refractivity contribution in [3.05, 3.63) is 59.1 Å². The van der Waals surface area contributed by atoms with E-state index in [1.54, 1.807) is 30.5 Å². The van der Waals surface area contributed by atoms with Crippen LogP contribution in [0.4, 0.5) is 4.39 Å². The molecule has 2 unspecified atom stereocenters. The molecular weight excluding hydrogens is 365 g/mol. The molecule has 8 heteroatoms. The Hall–Kier alpha value is -2.45. The third kappa shape index (κ3) is 3.96. The standard InChI is InChI=1S/C19H22FN5OS/c1-13-10-25(12-17(26-13)14-3-5-15(20)6-4-14)18(21-2)22-9-16-11-24-7-8-27-19(24)23-16/h3-8,11,13,17H,9-10,12H2,1-2H3,(H,21,22). The summed E-state index contributed by atoms with van der Waals surface area (Å²) in [6.45, 7) is 4.05. The Labute approximate surface area is 161 Å². The lowest BCUT2D eigenvalue weighted by atomic mass is 10.1. The van der Waals surface area contributed by atoms with E-state index in [2.05, 4.69) is 20.2 Å². The van der Waals surface area contributed by atoms with Crippen molar-refractivity contribution in [3.8, 4) is 0 Å². The van der Waals surface area contributed by atoms with Crippen LogP contribution in [0.2, 0.25) is 0 Å². The molecule has 6 nitrogen and oxygen atoms in total. The van der Waals surface area contributed by atoms with Gasteiger partial charge in [0.1, 0.15) is 11.9 Å². The molecule has 3 heterocycles. The van der Waals surface area contributed by atoms with E-state index in [0.29, 0.717) is 13.1 Å². The number of benzene rings is 1. The van der Waals surface area contributed by atoms with Crippen molar-refractivity contribution in [2.24, 2.45) is 4.99 Å². The van der Waals surface area contributed by atoms with E-state index in [0.717, 1.165) is 28.7 Å². The highest BCUT2D eigenvalue weighted by atomic mass is 32.1. The van der Waals surface area contributed by atoms with Gasteiger partial charge in [-0.1, -0.05) is 12.1 Å². The molecule has 0 radical (unpaired) electrons. The number of morpholine rings is 1. The van der Waals surface area contributed by atoms with Crippen LogP contribution in [-0.4, -0.2) is 46.5 Å². The molecule has 0 amide bonds. The monoisotopic (exact) mass is 387 g/mol. The van der Waals surface area contributed by atoms with Gasteiger partial charge in [-0.25, -0.2) is 9.37 Å². The lowest BCUT2D eigenvalue weighted by Gasteiger charge is -2.38. The SMILES string of the molecule is CN=C(NCc1cn2ccsc2n1)N1CC(C)OC(c2ccc(F)cc2)C1. The van der Waals surface area contributed by atoms with Gasteiger partial charge in [0, 0.05) is 31.4 Å². The Bertz CT molecular complexity index is 907. The summed E-state index contributed by atoms with van der Waals surface area (Å²) in [5, 5.41) is 5.41. The van der Waals surface area contributed by atoms with Gasteiger partial charge >= 0.3 is 0 Å². The van der Waals surface area contributed by atoms with Gasteiger partial charge in [0.15, 0.2) is 10.9 Å². The van der Waals surface area contributed by atoms with Crippen molar-refractivity contribution in [3.63, 3.8) is 0 Å². The van der Waals surface area contributed by atoms with Gasteiger partial charge in [-0.15, -0.1) is 11.3 Å². The van der Waals surface area contributed by atoms with Crippen molar-refractivity contribution < 1.29 is 9.13 Å². The van der Waals surface area contributed by atoms with Crippen LogP contribution in [0.5, 0.6) is 0 Å². The Kier molecular flexibility index (Phi) is 5.09. The summed E-state index contributed by atoms with van der Waals surface area (Å²) in [7, 11) is 1.78. The van der Waals surface area contributed by atoms with E-state index < -0.39 is 0 Å². The molecule has 27 heavy (non-hydrogen) atoms. The Balaban J connectivity index is 1.44. The molecule has 1 aliphatic heterocycles.